The molecular weight excluding hydrogens is 377 g/mol. The van der Waals surface area contributed by atoms with E-state index in [0.717, 1.165) is 21.8 Å². The molecule has 0 aliphatic carbocycles. The van der Waals surface area contributed by atoms with Crippen LogP contribution in [-0.2, 0) is 4.79 Å². The number of para-hydroxylation sites is 1. The Morgan fingerprint density at radius 1 is 1.10 bits per heavy atom. The Bertz CT molecular complexity index is 614. The average Bonchev–Trinajstić information content (AvgIpc) is 2.38. The van der Waals surface area contributed by atoms with Crippen molar-refractivity contribution in [1.82, 2.24) is 0 Å². The molecule has 0 aliphatic rings. The molecular formula is C14H11F2IN2O. The summed E-state index contributed by atoms with van der Waals surface area (Å²) in [5, 5.41) is 5.38. The third-order valence-corrected chi connectivity index (χ3v) is 3.40. The van der Waals surface area contributed by atoms with Crippen LogP contribution in [0.2, 0.25) is 0 Å². The predicted octanol–water partition coefficient (Wildman–Crippen LogP) is 3.62. The zero-order valence-corrected chi connectivity index (χ0v) is 12.4. The van der Waals surface area contributed by atoms with E-state index in [1.165, 1.54) is 0 Å². The molecule has 0 heterocycles. The summed E-state index contributed by atoms with van der Waals surface area (Å²) in [5.41, 5.74) is 0.922. The maximum atomic E-state index is 13.0. The SMILES string of the molecule is O=C(CNc1cc(F)cc(F)c1)Nc1ccccc1I. The summed E-state index contributed by atoms with van der Waals surface area (Å²) in [6.45, 7) is -0.0755. The van der Waals surface area contributed by atoms with E-state index < -0.39 is 11.6 Å². The highest BCUT2D eigenvalue weighted by Crippen LogP contribution is 2.17. The maximum Gasteiger partial charge on any atom is 0.243 e. The number of carbonyl (C=O) groups is 1. The first-order valence-corrected chi connectivity index (χ1v) is 6.87. The normalized spacial score (nSPS) is 10.2. The van der Waals surface area contributed by atoms with E-state index in [-0.39, 0.29) is 18.1 Å². The number of rotatable bonds is 4. The van der Waals surface area contributed by atoms with Crippen molar-refractivity contribution >= 4 is 39.9 Å². The molecule has 0 saturated heterocycles. The van der Waals surface area contributed by atoms with E-state index in [0.29, 0.717) is 5.69 Å². The van der Waals surface area contributed by atoms with Gasteiger partial charge in [-0.2, -0.15) is 0 Å². The number of amides is 1. The molecule has 0 saturated carbocycles. The fourth-order valence-electron chi connectivity index (χ4n) is 1.60. The third-order valence-electron chi connectivity index (χ3n) is 2.46. The van der Waals surface area contributed by atoms with Crippen LogP contribution in [0.15, 0.2) is 42.5 Å². The topological polar surface area (TPSA) is 41.1 Å². The highest BCUT2D eigenvalue weighted by Gasteiger charge is 2.06. The lowest BCUT2D eigenvalue weighted by atomic mass is 10.3. The molecule has 104 valence electrons. The van der Waals surface area contributed by atoms with Crippen LogP contribution in [0.4, 0.5) is 20.2 Å². The van der Waals surface area contributed by atoms with Crippen molar-refractivity contribution in [3.8, 4) is 0 Å². The van der Waals surface area contributed by atoms with Crippen molar-refractivity contribution < 1.29 is 13.6 Å². The predicted molar refractivity (Wildman–Crippen MR) is 82.6 cm³/mol. The van der Waals surface area contributed by atoms with Gasteiger partial charge in [0.2, 0.25) is 5.91 Å². The molecule has 0 fully saturated rings. The Morgan fingerprint density at radius 2 is 1.75 bits per heavy atom. The number of halogens is 3. The Labute approximate surface area is 128 Å². The number of carbonyl (C=O) groups excluding carboxylic acids is 1. The monoisotopic (exact) mass is 388 g/mol. The second-order valence-electron chi connectivity index (χ2n) is 4.04. The molecule has 3 nitrogen and oxygen atoms in total. The van der Waals surface area contributed by atoms with Crippen molar-refractivity contribution in [2.75, 3.05) is 17.2 Å². The first-order valence-electron chi connectivity index (χ1n) is 5.79. The minimum atomic E-state index is -0.689. The number of anilines is 2. The summed E-state index contributed by atoms with van der Waals surface area (Å²) in [5.74, 6) is -1.67. The molecule has 2 rings (SSSR count). The van der Waals surface area contributed by atoms with E-state index in [1.807, 2.05) is 18.2 Å². The third kappa shape index (κ3) is 4.16. The van der Waals surface area contributed by atoms with Crippen LogP contribution in [-0.4, -0.2) is 12.5 Å². The van der Waals surface area contributed by atoms with Gasteiger partial charge in [0.1, 0.15) is 11.6 Å². The van der Waals surface area contributed by atoms with Crippen molar-refractivity contribution in [3.05, 3.63) is 57.7 Å². The van der Waals surface area contributed by atoms with Gasteiger partial charge >= 0.3 is 0 Å². The Kier molecular flexibility index (Phi) is 4.89. The van der Waals surface area contributed by atoms with Gasteiger partial charge in [-0.25, -0.2) is 8.78 Å². The van der Waals surface area contributed by atoms with Gasteiger partial charge in [0, 0.05) is 15.3 Å². The van der Waals surface area contributed by atoms with Crippen LogP contribution >= 0.6 is 22.6 Å². The highest BCUT2D eigenvalue weighted by molar-refractivity contribution is 14.1. The highest BCUT2D eigenvalue weighted by atomic mass is 127. The molecule has 0 unspecified atom stereocenters. The lowest BCUT2D eigenvalue weighted by Crippen LogP contribution is -2.22. The summed E-state index contributed by atoms with van der Waals surface area (Å²) in [6.07, 6.45) is 0. The minimum absolute atomic E-state index is 0.0755. The molecule has 0 radical (unpaired) electrons. The van der Waals surface area contributed by atoms with Crippen LogP contribution in [0.5, 0.6) is 0 Å². The summed E-state index contributed by atoms with van der Waals surface area (Å²) >= 11 is 2.11. The van der Waals surface area contributed by atoms with Gasteiger partial charge in [-0.3, -0.25) is 4.79 Å². The lowest BCUT2D eigenvalue weighted by molar-refractivity contribution is -0.114. The van der Waals surface area contributed by atoms with Crippen molar-refractivity contribution in [1.29, 1.82) is 0 Å². The van der Waals surface area contributed by atoms with Gasteiger partial charge < -0.3 is 10.6 Å². The molecule has 0 aromatic heterocycles. The molecule has 0 aliphatic heterocycles. The van der Waals surface area contributed by atoms with E-state index in [2.05, 4.69) is 33.2 Å². The van der Waals surface area contributed by atoms with Crippen LogP contribution in [0.25, 0.3) is 0 Å². The zero-order chi connectivity index (χ0) is 14.5. The molecule has 0 spiro atoms. The molecule has 0 atom stereocenters. The smallest absolute Gasteiger partial charge is 0.243 e. The Hall–Kier alpha value is -1.70. The number of hydrogen-bond donors (Lipinski definition) is 2. The van der Waals surface area contributed by atoms with Crippen LogP contribution in [0, 0.1) is 15.2 Å². The number of hydrogen-bond acceptors (Lipinski definition) is 2. The van der Waals surface area contributed by atoms with Crippen molar-refractivity contribution in [3.63, 3.8) is 0 Å². The molecule has 6 heteroatoms. The van der Waals surface area contributed by atoms with Gasteiger partial charge in [0.15, 0.2) is 0 Å². The largest absolute Gasteiger partial charge is 0.376 e. The Morgan fingerprint density at radius 3 is 2.40 bits per heavy atom. The van der Waals surface area contributed by atoms with Crippen molar-refractivity contribution in [2.45, 2.75) is 0 Å². The van der Waals surface area contributed by atoms with Gasteiger partial charge in [-0.05, 0) is 46.9 Å². The average molecular weight is 388 g/mol. The Balaban J connectivity index is 1.94. The van der Waals surface area contributed by atoms with E-state index in [1.54, 1.807) is 6.07 Å². The quantitative estimate of drug-likeness (QED) is 0.786. The fraction of sp³-hybridized carbons (Fsp3) is 0.0714. The number of nitrogens with one attached hydrogen (secondary N) is 2. The lowest BCUT2D eigenvalue weighted by Gasteiger charge is -2.09. The van der Waals surface area contributed by atoms with Gasteiger partial charge in [0.05, 0.1) is 12.2 Å². The molecule has 20 heavy (non-hydrogen) atoms. The number of benzene rings is 2. The van der Waals surface area contributed by atoms with Gasteiger partial charge in [-0.1, -0.05) is 12.1 Å². The first kappa shape index (κ1) is 14.7. The van der Waals surface area contributed by atoms with Gasteiger partial charge in [-0.15, -0.1) is 0 Å². The molecule has 1 amide bonds. The van der Waals surface area contributed by atoms with E-state index >= 15 is 0 Å². The van der Waals surface area contributed by atoms with Crippen LogP contribution < -0.4 is 10.6 Å². The maximum absolute atomic E-state index is 13.0. The zero-order valence-electron chi connectivity index (χ0n) is 10.3. The standard InChI is InChI=1S/C14H11F2IN2O/c15-9-5-10(16)7-11(6-9)18-8-14(20)19-13-4-2-1-3-12(13)17/h1-7,18H,8H2,(H,19,20). The summed E-state index contributed by atoms with van der Waals surface area (Å²) in [4.78, 5) is 11.7. The second kappa shape index (κ2) is 6.65. The molecule has 0 bridgehead atoms. The fourth-order valence-corrected chi connectivity index (χ4v) is 2.12. The van der Waals surface area contributed by atoms with Crippen LogP contribution in [0.1, 0.15) is 0 Å². The molecule has 2 N–H and O–H groups in total. The first-order chi connectivity index (χ1) is 9.54. The molecule has 2 aromatic rings. The van der Waals surface area contributed by atoms with E-state index in [9.17, 15) is 13.6 Å². The van der Waals surface area contributed by atoms with Crippen LogP contribution in [0.3, 0.4) is 0 Å². The minimum Gasteiger partial charge on any atom is -0.376 e. The molecule has 2 aromatic carbocycles. The summed E-state index contributed by atoms with van der Waals surface area (Å²) in [7, 11) is 0. The summed E-state index contributed by atoms with van der Waals surface area (Å²) < 4.78 is 26.9. The van der Waals surface area contributed by atoms with E-state index in [4.69, 9.17) is 0 Å². The van der Waals surface area contributed by atoms with Crippen molar-refractivity contribution in [2.24, 2.45) is 0 Å². The summed E-state index contributed by atoms with van der Waals surface area (Å²) in [6, 6.07) is 10.4. The second-order valence-corrected chi connectivity index (χ2v) is 5.20. The van der Waals surface area contributed by atoms with Gasteiger partial charge in [0.25, 0.3) is 0 Å².